The minimum absolute atomic E-state index is 0.00402. The van der Waals surface area contributed by atoms with Gasteiger partial charge in [-0.2, -0.15) is 0 Å². The molecule has 1 saturated carbocycles. The maximum atomic E-state index is 6.37. The molecule has 126 valence electrons. The van der Waals surface area contributed by atoms with Gasteiger partial charge in [-0.05, 0) is 42.5 Å². The van der Waals surface area contributed by atoms with Crippen molar-refractivity contribution in [3.05, 3.63) is 64.7 Å². The van der Waals surface area contributed by atoms with E-state index in [9.17, 15) is 0 Å². The van der Waals surface area contributed by atoms with E-state index < -0.39 is 0 Å². The second-order valence-corrected chi connectivity index (χ2v) is 6.94. The van der Waals surface area contributed by atoms with E-state index in [0.717, 1.165) is 6.42 Å². The number of halogens is 1. The number of rotatable bonds is 6. The first kappa shape index (κ1) is 15.9. The third kappa shape index (κ3) is 3.92. The summed E-state index contributed by atoms with van der Waals surface area (Å²) in [5.41, 5.74) is 2.44. The van der Waals surface area contributed by atoms with E-state index >= 15 is 0 Å². The van der Waals surface area contributed by atoms with E-state index in [0.29, 0.717) is 29.9 Å². The van der Waals surface area contributed by atoms with Crippen LogP contribution in [0.2, 0.25) is 5.02 Å². The molecule has 24 heavy (non-hydrogen) atoms. The van der Waals surface area contributed by atoms with Crippen molar-refractivity contribution in [1.82, 2.24) is 0 Å². The highest BCUT2D eigenvalue weighted by Crippen LogP contribution is 2.37. The fourth-order valence-corrected chi connectivity index (χ4v) is 3.22. The zero-order valence-corrected chi connectivity index (χ0v) is 14.2. The van der Waals surface area contributed by atoms with Gasteiger partial charge < -0.3 is 14.2 Å². The minimum Gasteiger partial charge on any atom is -0.489 e. The van der Waals surface area contributed by atoms with Crippen molar-refractivity contribution in [3.63, 3.8) is 0 Å². The largest absolute Gasteiger partial charge is 0.489 e. The Morgan fingerprint density at radius 2 is 1.88 bits per heavy atom. The minimum atomic E-state index is -0.0256. The van der Waals surface area contributed by atoms with Gasteiger partial charge in [0.25, 0.3) is 0 Å². The molecule has 1 heterocycles. The molecular formula is C20H21ClO3. The molecule has 2 fully saturated rings. The Labute approximate surface area is 147 Å². The van der Waals surface area contributed by atoms with Crippen LogP contribution in [0.3, 0.4) is 0 Å². The van der Waals surface area contributed by atoms with Gasteiger partial charge in [-0.15, -0.1) is 0 Å². The van der Waals surface area contributed by atoms with Crippen molar-refractivity contribution in [1.29, 1.82) is 0 Å². The predicted octanol–water partition coefficient (Wildman–Crippen LogP) is 4.46. The van der Waals surface area contributed by atoms with E-state index in [1.807, 2.05) is 30.3 Å². The standard InChI is InChI=1S/C20H21ClO3/c21-18-11-15(10-14-4-2-1-3-5-14)6-9-19(18)22-12-17-13-23-20(24-17)16-7-8-16/h1-6,9,11,16-17,20H,7-8,10,12-13H2. The van der Waals surface area contributed by atoms with Crippen molar-refractivity contribution >= 4 is 11.6 Å². The highest BCUT2D eigenvalue weighted by Gasteiger charge is 2.39. The first-order valence-electron chi connectivity index (χ1n) is 8.50. The van der Waals surface area contributed by atoms with Crippen LogP contribution in [0.25, 0.3) is 0 Å². The average Bonchev–Trinajstić information content (AvgIpc) is 3.34. The monoisotopic (exact) mass is 344 g/mol. The zero-order chi connectivity index (χ0) is 16.4. The van der Waals surface area contributed by atoms with Gasteiger partial charge in [-0.3, -0.25) is 0 Å². The van der Waals surface area contributed by atoms with Gasteiger partial charge in [-0.1, -0.05) is 48.0 Å². The molecule has 3 nitrogen and oxygen atoms in total. The van der Waals surface area contributed by atoms with Gasteiger partial charge >= 0.3 is 0 Å². The molecule has 4 heteroatoms. The Morgan fingerprint density at radius 1 is 1.04 bits per heavy atom. The summed E-state index contributed by atoms with van der Waals surface area (Å²) in [6.45, 7) is 1.08. The molecule has 1 saturated heterocycles. The molecule has 0 radical (unpaired) electrons. The summed E-state index contributed by atoms with van der Waals surface area (Å²) >= 11 is 6.37. The highest BCUT2D eigenvalue weighted by molar-refractivity contribution is 6.32. The Bertz CT molecular complexity index is 685. The van der Waals surface area contributed by atoms with Crippen molar-refractivity contribution in [2.24, 2.45) is 5.92 Å². The first-order chi connectivity index (χ1) is 11.8. The second-order valence-electron chi connectivity index (χ2n) is 6.54. The van der Waals surface area contributed by atoms with Crippen LogP contribution < -0.4 is 4.74 Å². The maximum Gasteiger partial charge on any atom is 0.161 e. The van der Waals surface area contributed by atoms with Crippen LogP contribution in [-0.2, 0) is 15.9 Å². The normalized spacial score (nSPS) is 23.4. The fraction of sp³-hybridized carbons (Fsp3) is 0.400. The lowest BCUT2D eigenvalue weighted by molar-refractivity contribution is -0.0771. The van der Waals surface area contributed by atoms with Crippen molar-refractivity contribution in [3.8, 4) is 5.75 Å². The molecule has 2 unspecified atom stereocenters. The first-order valence-corrected chi connectivity index (χ1v) is 8.88. The Kier molecular flexibility index (Phi) is 4.74. The molecule has 2 aliphatic rings. The number of ether oxygens (including phenoxy) is 3. The van der Waals surface area contributed by atoms with Gasteiger partial charge in [0.2, 0.25) is 0 Å². The molecule has 1 aliphatic heterocycles. The Morgan fingerprint density at radius 3 is 2.62 bits per heavy atom. The quantitative estimate of drug-likeness (QED) is 0.774. The van der Waals surface area contributed by atoms with Crippen LogP contribution in [-0.4, -0.2) is 25.6 Å². The van der Waals surface area contributed by atoms with Crippen molar-refractivity contribution in [2.75, 3.05) is 13.2 Å². The van der Waals surface area contributed by atoms with Gasteiger partial charge in [0.15, 0.2) is 6.29 Å². The molecule has 0 aromatic heterocycles. The lowest BCUT2D eigenvalue weighted by atomic mass is 10.1. The fourth-order valence-electron chi connectivity index (χ4n) is 2.96. The third-order valence-electron chi connectivity index (χ3n) is 4.45. The van der Waals surface area contributed by atoms with Crippen LogP contribution in [0, 0.1) is 5.92 Å². The number of benzene rings is 2. The van der Waals surface area contributed by atoms with Crippen LogP contribution in [0.5, 0.6) is 5.75 Å². The van der Waals surface area contributed by atoms with Crippen molar-refractivity contribution < 1.29 is 14.2 Å². The summed E-state index contributed by atoms with van der Waals surface area (Å²) in [4.78, 5) is 0. The Balaban J connectivity index is 1.32. The molecular weight excluding hydrogens is 324 g/mol. The van der Waals surface area contributed by atoms with E-state index in [4.69, 9.17) is 25.8 Å². The third-order valence-corrected chi connectivity index (χ3v) is 4.75. The summed E-state index contributed by atoms with van der Waals surface area (Å²) in [6, 6.07) is 16.3. The van der Waals surface area contributed by atoms with Crippen LogP contribution in [0.15, 0.2) is 48.5 Å². The maximum absolute atomic E-state index is 6.37. The summed E-state index contributed by atoms with van der Waals surface area (Å²) in [6.07, 6.45) is 3.27. The average molecular weight is 345 g/mol. The topological polar surface area (TPSA) is 27.7 Å². The predicted molar refractivity (Wildman–Crippen MR) is 93.5 cm³/mol. The second kappa shape index (κ2) is 7.14. The van der Waals surface area contributed by atoms with E-state index in [-0.39, 0.29) is 12.4 Å². The van der Waals surface area contributed by atoms with Gasteiger partial charge in [0, 0.05) is 5.92 Å². The number of hydrogen-bond donors (Lipinski definition) is 0. The smallest absolute Gasteiger partial charge is 0.161 e. The number of hydrogen-bond acceptors (Lipinski definition) is 3. The molecule has 2 aromatic rings. The SMILES string of the molecule is Clc1cc(Cc2ccccc2)ccc1OCC1COC(C2CC2)O1. The molecule has 1 aliphatic carbocycles. The highest BCUT2D eigenvalue weighted by atomic mass is 35.5. The molecule has 0 amide bonds. The summed E-state index contributed by atoms with van der Waals surface area (Å²) < 4.78 is 17.4. The molecule has 2 aromatic carbocycles. The molecule has 0 N–H and O–H groups in total. The van der Waals surface area contributed by atoms with Crippen molar-refractivity contribution in [2.45, 2.75) is 31.7 Å². The van der Waals surface area contributed by atoms with E-state index in [1.165, 1.54) is 24.0 Å². The van der Waals surface area contributed by atoms with Gasteiger partial charge in [0.05, 0.1) is 11.6 Å². The summed E-state index contributed by atoms with van der Waals surface area (Å²) in [7, 11) is 0. The van der Waals surface area contributed by atoms with Gasteiger partial charge in [-0.25, -0.2) is 0 Å². The van der Waals surface area contributed by atoms with Gasteiger partial charge in [0.1, 0.15) is 18.5 Å². The zero-order valence-electron chi connectivity index (χ0n) is 13.5. The Hall–Kier alpha value is -1.55. The molecule has 0 bridgehead atoms. The lowest BCUT2D eigenvalue weighted by Crippen LogP contribution is -2.21. The van der Waals surface area contributed by atoms with E-state index in [2.05, 4.69) is 18.2 Å². The lowest BCUT2D eigenvalue weighted by Gasteiger charge is -2.13. The molecule has 0 spiro atoms. The van der Waals surface area contributed by atoms with Crippen LogP contribution in [0.4, 0.5) is 0 Å². The van der Waals surface area contributed by atoms with E-state index in [1.54, 1.807) is 0 Å². The summed E-state index contributed by atoms with van der Waals surface area (Å²) in [5.74, 6) is 1.29. The van der Waals surface area contributed by atoms with Crippen LogP contribution >= 0.6 is 11.6 Å². The molecule has 2 atom stereocenters. The summed E-state index contributed by atoms with van der Waals surface area (Å²) in [5, 5.41) is 0.640. The molecule has 4 rings (SSSR count). The van der Waals surface area contributed by atoms with Crippen LogP contribution in [0.1, 0.15) is 24.0 Å².